The van der Waals surface area contributed by atoms with Gasteiger partial charge in [-0.1, -0.05) is 36.4 Å². The molecule has 1 N–H and O–H groups in total. The van der Waals surface area contributed by atoms with E-state index in [-0.39, 0.29) is 5.78 Å². The Morgan fingerprint density at radius 2 is 1.81 bits per heavy atom. The molecule has 0 aliphatic rings. The van der Waals surface area contributed by atoms with Gasteiger partial charge in [0.1, 0.15) is 0 Å². The fourth-order valence-corrected chi connectivity index (χ4v) is 2.26. The Bertz CT molecular complexity index is 855. The first-order valence-electron chi connectivity index (χ1n) is 8.23. The predicted octanol–water partition coefficient (Wildman–Crippen LogP) is 3.78. The molecule has 0 radical (unpaired) electrons. The number of nitrogens with one attached hydrogen (secondary N) is 1. The molecule has 0 saturated heterocycles. The van der Waals surface area contributed by atoms with Gasteiger partial charge in [0, 0.05) is 17.3 Å². The van der Waals surface area contributed by atoms with Crippen LogP contribution in [0.4, 0.5) is 5.69 Å². The zero-order valence-electron chi connectivity index (χ0n) is 15.0. The third-order valence-electron chi connectivity index (χ3n) is 3.79. The van der Waals surface area contributed by atoms with Crippen molar-refractivity contribution in [3.8, 4) is 0 Å². The summed E-state index contributed by atoms with van der Waals surface area (Å²) >= 11 is 0. The second-order valence-electron chi connectivity index (χ2n) is 5.90. The van der Waals surface area contributed by atoms with Crippen molar-refractivity contribution < 1.29 is 19.1 Å². The van der Waals surface area contributed by atoms with Crippen LogP contribution in [0.3, 0.4) is 0 Å². The molecule has 1 atom stereocenters. The minimum atomic E-state index is -0.968. The van der Waals surface area contributed by atoms with Crippen molar-refractivity contribution in [1.82, 2.24) is 0 Å². The topological polar surface area (TPSA) is 72.5 Å². The lowest BCUT2D eigenvalue weighted by molar-refractivity contribution is -0.148. The van der Waals surface area contributed by atoms with Crippen molar-refractivity contribution in [2.75, 3.05) is 5.32 Å². The van der Waals surface area contributed by atoms with Gasteiger partial charge in [-0.3, -0.25) is 9.59 Å². The number of hydrogen-bond donors (Lipinski definition) is 1. The van der Waals surface area contributed by atoms with E-state index in [1.54, 1.807) is 30.3 Å². The molecular formula is C21H21NO4. The maximum absolute atomic E-state index is 12.2. The largest absolute Gasteiger partial charge is 0.449 e. The van der Waals surface area contributed by atoms with Gasteiger partial charge in [0.05, 0.1) is 0 Å². The van der Waals surface area contributed by atoms with Gasteiger partial charge in [-0.25, -0.2) is 4.79 Å². The Balaban J connectivity index is 1.94. The van der Waals surface area contributed by atoms with Crippen LogP contribution in [0.2, 0.25) is 0 Å². The van der Waals surface area contributed by atoms with Gasteiger partial charge in [0.15, 0.2) is 11.9 Å². The number of Topliss-reactive ketones (excluding diaryl/α,β-unsaturated/α-hetero) is 1. The van der Waals surface area contributed by atoms with E-state index < -0.39 is 18.0 Å². The van der Waals surface area contributed by atoms with Crippen LogP contribution in [0.5, 0.6) is 0 Å². The molecule has 0 unspecified atom stereocenters. The summed E-state index contributed by atoms with van der Waals surface area (Å²) in [4.78, 5) is 35.5. The number of carbonyl (C=O) groups is 3. The van der Waals surface area contributed by atoms with Crippen LogP contribution < -0.4 is 5.32 Å². The van der Waals surface area contributed by atoms with Gasteiger partial charge in [0.25, 0.3) is 5.91 Å². The quantitative estimate of drug-likeness (QED) is 0.488. The SMILES string of the molecule is CC(=O)c1cccc(NC(=O)[C@H](C)OC(=O)/C=C/c2ccccc2C)c1. The van der Waals surface area contributed by atoms with E-state index in [4.69, 9.17) is 4.74 Å². The first-order chi connectivity index (χ1) is 12.4. The molecule has 134 valence electrons. The van der Waals surface area contributed by atoms with E-state index in [1.165, 1.54) is 19.9 Å². The Morgan fingerprint density at radius 3 is 2.50 bits per heavy atom. The Morgan fingerprint density at radius 1 is 1.08 bits per heavy atom. The van der Waals surface area contributed by atoms with Crippen molar-refractivity contribution in [1.29, 1.82) is 0 Å². The Hall–Kier alpha value is -3.21. The number of hydrogen-bond acceptors (Lipinski definition) is 4. The lowest BCUT2D eigenvalue weighted by atomic mass is 10.1. The second kappa shape index (κ2) is 8.76. The molecular weight excluding hydrogens is 330 g/mol. The van der Waals surface area contributed by atoms with Crippen LogP contribution in [0.25, 0.3) is 6.08 Å². The zero-order chi connectivity index (χ0) is 19.1. The molecule has 0 aromatic heterocycles. The van der Waals surface area contributed by atoms with Crippen molar-refractivity contribution in [3.05, 3.63) is 71.3 Å². The average Bonchev–Trinajstić information content (AvgIpc) is 2.61. The predicted molar refractivity (Wildman–Crippen MR) is 101 cm³/mol. The average molecular weight is 351 g/mol. The maximum Gasteiger partial charge on any atom is 0.331 e. The third kappa shape index (κ3) is 5.41. The number of rotatable bonds is 6. The van der Waals surface area contributed by atoms with Gasteiger partial charge >= 0.3 is 5.97 Å². The second-order valence-corrected chi connectivity index (χ2v) is 5.90. The van der Waals surface area contributed by atoms with Crippen LogP contribution >= 0.6 is 0 Å². The highest BCUT2D eigenvalue weighted by atomic mass is 16.5. The Labute approximate surface area is 152 Å². The monoisotopic (exact) mass is 351 g/mol. The summed E-state index contributed by atoms with van der Waals surface area (Å²) in [5.41, 5.74) is 2.91. The van der Waals surface area contributed by atoms with Crippen LogP contribution in [0.1, 0.15) is 35.3 Å². The number of amides is 1. The van der Waals surface area contributed by atoms with E-state index >= 15 is 0 Å². The molecule has 0 fully saturated rings. The number of esters is 1. The number of benzene rings is 2. The fourth-order valence-electron chi connectivity index (χ4n) is 2.26. The molecule has 0 aliphatic heterocycles. The van der Waals surface area contributed by atoms with E-state index in [0.717, 1.165) is 11.1 Å². The highest BCUT2D eigenvalue weighted by Gasteiger charge is 2.17. The number of carbonyl (C=O) groups excluding carboxylic acids is 3. The van der Waals surface area contributed by atoms with Gasteiger partial charge in [0.2, 0.25) is 0 Å². The van der Waals surface area contributed by atoms with E-state index in [0.29, 0.717) is 11.3 Å². The molecule has 1 amide bonds. The summed E-state index contributed by atoms with van der Waals surface area (Å²) in [5.74, 6) is -1.17. The molecule has 26 heavy (non-hydrogen) atoms. The summed E-state index contributed by atoms with van der Waals surface area (Å²) in [6, 6.07) is 14.2. The van der Waals surface area contributed by atoms with E-state index in [2.05, 4.69) is 5.32 Å². The van der Waals surface area contributed by atoms with Crippen LogP contribution in [0, 0.1) is 6.92 Å². The molecule has 2 aromatic carbocycles. The summed E-state index contributed by atoms with van der Waals surface area (Å²) in [6.45, 7) is 4.88. The first-order valence-corrected chi connectivity index (χ1v) is 8.23. The minimum absolute atomic E-state index is 0.0954. The minimum Gasteiger partial charge on any atom is -0.449 e. The number of anilines is 1. The summed E-state index contributed by atoms with van der Waals surface area (Å²) < 4.78 is 5.12. The maximum atomic E-state index is 12.2. The highest BCUT2D eigenvalue weighted by Crippen LogP contribution is 2.12. The molecule has 0 heterocycles. The molecule has 5 heteroatoms. The lowest BCUT2D eigenvalue weighted by Crippen LogP contribution is -2.29. The molecule has 0 spiro atoms. The molecule has 2 aromatic rings. The van der Waals surface area contributed by atoms with Gasteiger partial charge in [-0.05, 0) is 50.1 Å². The summed E-state index contributed by atoms with van der Waals surface area (Å²) in [5, 5.41) is 2.63. The number of ether oxygens (including phenoxy) is 1. The highest BCUT2D eigenvalue weighted by molar-refractivity contribution is 5.99. The smallest absolute Gasteiger partial charge is 0.331 e. The van der Waals surface area contributed by atoms with E-state index in [1.807, 2.05) is 31.2 Å². The molecule has 5 nitrogen and oxygen atoms in total. The van der Waals surface area contributed by atoms with Gasteiger partial charge in [-0.2, -0.15) is 0 Å². The third-order valence-corrected chi connectivity index (χ3v) is 3.79. The summed E-state index contributed by atoms with van der Waals surface area (Å²) in [7, 11) is 0. The zero-order valence-corrected chi connectivity index (χ0v) is 15.0. The van der Waals surface area contributed by atoms with Crippen molar-refractivity contribution >= 4 is 29.4 Å². The number of ketones is 1. The molecule has 0 saturated carbocycles. The normalized spacial score (nSPS) is 11.8. The summed E-state index contributed by atoms with van der Waals surface area (Å²) in [6.07, 6.45) is 1.98. The van der Waals surface area contributed by atoms with Crippen LogP contribution in [-0.2, 0) is 14.3 Å². The van der Waals surface area contributed by atoms with Crippen molar-refractivity contribution in [2.45, 2.75) is 26.9 Å². The van der Waals surface area contributed by atoms with Gasteiger partial charge in [-0.15, -0.1) is 0 Å². The van der Waals surface area contributed by atoms with Crippen LogP contribution in [0.15, 0.2) is 54.6 Å². The van der Waals surface area contributed by atoms with E-state index in [9.17, 15) is 14.4 Å². The van der Waals surface area contributed by atoms with Crippen molar-refractivity contribution in [3.63, 3.8) is 0 Å². The number of aryl methyl sites for hydroxylation is 1. The standard InChI is InChI=1S/C21H21NO4/c1-14-7-4-5-8-17(14)11-12-20(24)26-16(3)21(25)22-19-10-6-9-18(13-19)15(2)23/h4-13,16H,1-3H3,(H,22,25)/b12-11+/t16-/m0/s1. The molecule has 0 aliphatic carbocycles. The van der Waals surface area contributed by atoms with Crippen molar-refractivity contribution in [2.24, 2.45) is 0 Å². The van der Waals surface area contributed by atoms with Gasteiger partial charge < -0.3 is 10.1 Å². The van der Waals surface area contributed by atoms with Crippen LogP contribution in [-0.4, -0.2) is 23.8 Å². The lowest BCUT2D eigenvalue weighted by Gasteiger charge is -2.12. The Kier molecular flexibility index (Phi) is 6.44. The molecule has 0 bridgehead atoms. The first kappa shape index (κ1) is 19.1. The fraction of sp³-hybridized carbons (Fsp3) is 0.190. The molecule has 2 rings (SSSR count).